The van der Waals surface area contributed by atoms with Crippen molar-refractivity contribution in [3.05, 3.63) is 72.7 Å². The molecule has 2 aliphatic rings. The van der Waals surface area contributed by atoms with E-state index in [-0.39, 0.29) is 40.0 Å². The molecule has 1 N–H and O–H groups in total. The predicted octanol–water partition coefficient (Wildman–Crippen LogP) is 5.46. The second kappa shape index (κ2) is 6.34. The van der Waals surface area contributed by atoms with E-state index in [1.54, 1.807) is 12.1 Å². The van der Waals surface area contributed by atoms with Crippen LogP contribution in [0.25, 0.3) is 0 Å². The Morgan fingerprint density at radius 2 is 1.92 bits per heavy atom. The van der Waals surface area contributed by atoms with Gasteiger partial charge in [-0.3, -0.25) is 10.1 Å². The van der Waals surface area contributed by atoms with Crippen molar-refractivity contribution >= 4 is 46.2 Å². The molecule has 1 aliphatic carbocycles. The molecule has 1 aliphatic heterocycles. The topological polar surface area (TPSA) is 78.2 Å². The van der Waals surface area contributed by atoms with Crippen LogP contribution in [0.5, 0.6) is 5.75 Å². The van der Waals surface area contributed by atoms with E-state index in [0.29, 0.717) is 22.0 Å². The highest BCUT2D eigenvalue weighted by Crippen LogP contribution is 2.56. The van der Waals surface area contributed by atoms with Crippen LogP contribution in [-0.4, -0.2) is 4.92 Å². The van der Waals surface area contributed by atoms with Gasteiger partial charge in [0.25, 0.3) is 5.69 Å². The highest BCUT2D eigenvalue weighted by Gasteiger charge is 2.43. The number of benzene rings is 2. The zero-order valence-corrected chi connectivity index (χ0v) is 15.5. The lowest BCUT2D eigenvalue weighted by Crippen LogP contribution is -2.30. The number of nitrogens with one attached hydrogen (secondary N) is 1. The van der Waals surface area contributed by atoms with Crippen molar-refractivity contribution in [3.63, 3.8) is 0 Å². The van der Waals surface area contributed by atoms with Crippen molar-refractivity contribution in [1.29, 1.82) is 0 Å². The summed E-state index contributed by atoms with van der Waals surface area (Å²) in [6.07, 6.45) is 4.58. The molecule has 0 radical (unpaired) electrons. The normalized spacial score (nSPS) is 23.3. The fraction of sp³-hybridized carbons (Fsp3) is 0.222. The SMILES string of the molecule is O=[N+]([O-])c1c(Cl)cc([O-])c2c1[C@H]1C=CC[C@H]1[C@H](c1ccc(Cl)cc1Cl)N2. The van der Waals surface area contributed by atoms with E-state index < -0.39 is 4.92 Å². The van der Waals surface area contributed by atoms with Crippen molar-refractivity contribution < 1.29 is 10.0 Å². The smallest absolute Gasteiger partial charge is 0.293 e. The van der Waals surface area contributed by atoms with E-state index in [2.05, 4.69) is 5.32 Å². The lowest BCUT2D eigenvalue weighted by Gasteiger charge is -2.39. The van der Waals surface area contributed by atoms with Crippen LogP contribution in [0.2, 0.25) is 15.1 Å². The number of allylic oxidation sites excluding steroid dienone is 2. The third kappa shape index (κ3) is 2.62. The maximum atomic E-state index is 12.5. The highest BCUT2D eigenvalue weighted by atomic mass is 35.5. The van der Waals surface area contributed by atoms with Crippen LogP contribution in [0.1, 0.15) is 29.5 Å². The molecule has 26 heavy (non-hydrogen) atoms. The van der Waals surface area contributed by atoms with Crippen LogP contribution in [0.3, 0.4) is 0 Å². The maximum Gasteiger partial charge on any atom is 0.293 e. The van der Waals surface area contributed by atoms with Crippen LogP contribution in [0.4, 0.5) is 11.4 Å². The Morgan fingerprint density at radius 3 is 2.62 bits per heavy atom. The van der Waals surface area contributed by atoms with Gasteiger partial charge in [0.2, 0.25) is 0 Å². The minimum Gasteiger partial charge on any atom is -0.871 e. The Bertz CT molecular complexity index is 961. The molecule has 0 saturated carbocycles. The number of nitrogens with zero attached hydrogens (tertiary/aromatic N) is 1. The molecule has 5 nitrogen and oxygen atoms in total. The summed E-state index contributed by atoms with van der Waals surface area (Å²) in [7, 11) is 0. The van der Waals surface area contributed by atoms with E-state index in [1.165, 1.54) is 0 Å². The van der Waals surface area contributed by atoms with Gasteiger partial charge in [-0.2, -0.15) is 0 Å². The van der Waals surface area contributed by atoms with Gasteiger partial charge in [0.1, 0.15) is 5.02 Å². The van der Waals surface area contributed by atoms with Gasteiger partial charge in [0.05, 0.1) is 16.5 Å². The number of nitro groups is 1. The number of hydrogen-bond acceptors (Lipinski definition) is 4. The van der Waals surface area contributed by atoms with Crippen molar-refractivity contribution in [1.82, 2.24) is 0 Å². The number of anilines is 1. The summed E-state index contributed by atoms with van der Waals surface area (Å²) in [6.45, 7) is 0. The summed E-state index contributed by atoms with van der Waals surface area (Å²) in [5.74, 6) is -0.669. The first-order chi connectivity index (χ1) is 12.4. The summed E-state index contributed by atoms with van der Waals surface area (Å²) in [5, 5.41) is 28.1. The minimum absolute atomic E-state index is 0.0160. The first-order valence-electron chi connectivity index (χ1n) is 7.94. The van der Waals surface area contributed by atoms with E-state index in [9.17, 15) is 15.2 Å². The van der Waals surface area contributed by atoms with Gasteiger partial charge >= 0.3 is 0 Å². The Labute approximate surface area is 164 Å². The number of nitro benzene ring substituents is 1. The van der Waals surface area contributed by atoms with Crippen molar-refractivity contribution in [2.24, 2.45) is 5.92 Å². The zero-order chi connectivity index (χ0) is 18.6. The average Bonchev–Trinajstić information content (AvgIpc) is 3.04. The van der Waals surface area contributed by atoms with Crippen molar-refractivity contribution in [2.75, 3.05) is 5.32 Å². The summed E-state index contributed by atoms with van der Waals surface area (Å²) in [4.78, 5) is 11.0. The van der Waals surface area contributed by atoms with E-state index >= 15 is 0 Å². The Hall–Kier alpha value is -1.95. The molecule has 0 spiro atoms. The first-order valence-corrected chi connectivity index (χ1v) is 9.07. The molecular formula is C18H12Cl3N2O3-. The second-order valence-corrected chi connectivity index (χ2v) is 7.64. The molecule has 2 aromatic rings. The molecule has 8 heteroatoms. The monoisotopic (exact) mass is 409 g/mol. The van der Waals surface area contributed by atoms with Gasteiger partial charge in [-0.1, -0.05) is 58.8 Å². The molecule has 4 rings (SSSR count). The predicted molar refractivity (Wildman–Crippen MR) is 100 cm³/mol. The average molecular weight is 411 g/mol. The van der Waals surface area contributed by atoms with Crippen LogP contribution in [-0.2, 0) is 0 Å². The first kappa shape index (κ1) is 17.5. The molecule has 0 fully saturated rings. The largest absolute Gasteiger partial charge is 0.871 e. The molecule has 0 saturated heterocycles. The fourth-order valence-electron chi connectivity index (χ4n) is 3.94. The number of halogens is 3. The lowest BCUT2D eigenvalue weighted by atomic mass is 9.76. The molecule has 134 valence electrons. The van der Waals surface area contributed by atoms with Crippen LogP contribution in [0.15, 0.2) is 36.4 Å². The molecule has 3 atom stereocenters. The van der Waals surface area contributed by atoms with E-state index in [4.69, 9.17) is 34.8 Å². The summed E-state index contributed by atoms with van der Waals surface area (Å²) in [5.41, 5.74) is 1.16. The number of rotatable bonds is 2. The van der Waals surface area contributed by atoms with Gasteiger partial charge in [0, 0.05) is 21.7 Å². The molecule has 2 aromatic carbocycles. The molecular weight excluding hydrogens is 399 g/mol. The molecule has 0 bridgehead atoms. The quantitative estimate of drug-likeness (QED) is 0.405. The Kier molecular flexibility index (Phi) is 4.26. The van der Waals surface area contributed by atoms with E-state index in [0.717, 1.165) is 11.6 Å². The minimum atomic E-state index is -0.527. The highest BCUT2D eigenvalue weighted by molar-refractivity contribution is 6.35. The maximum absolute atomic E-state index is 12.5. The van der Waals surface area contributed by atoms with Gasteiger partial charge in [-0.25, -0.2) is 0 Å². The third-order valence-corrected chi connectivity index (χ3v) is 5.86. The number of hydrogen-bond donors (Lipinski definition) is 1. The van der Waals surface area contributed by atoms with E-state index in [1.807, 2.05) is 18.2 Å². The van der Waals surface area contributed by atoms with Crippen molar-refractivity contribution in [3.8, 4) is 5.75 Å². The fourth-order valence-corrected chi connectivity index (χ4v) is 4.74. The van der Waals surface area contributed by atoms with Crippen molar-refractivity contribution in [2.45, 2.75) is 18.4 Å². The summed E-state index contributed by atoms with van der Waals surface area (Å²) < 4.78 is 0. The standard InChI is InChI=1S/C18H13Cl3N2O3/c19-8-4-5-11(12(20)6-8)16-10-3-1-2-9(10)15-17(22-16)14(24)7-13(21)18(15)23(25)26/h1-2,4-7,9-10,16,22,24H,3H2/p-1/t9-,10+,16+/m0/s1. The molecule has 0 unspecified atom stereocenters. The van der Waals surface area contributed by atoms with Crippen LogP contribution < -0.4 is 10.4 Å². The zero-order valence-electron chi connectivity index (χ0n) is 13.2. The van der Waals surface area contributed by atoms with Gasteiger partial charge in [-0.05, 0) is 36.1 Å². The van der Waals surface area contributed by atoms with Gasteiger partial charge in [-0.15, -0.1) is 0 Å². The Morgan fingerprint density at radius 1 is 1.15 bits per heavy atom. The van der Waals surface area contributed by atoms with Gasteiger partial charge in [0.15, 0.2) is 0 Å². The molecule has 0 aromatic heterocycles. The number of fused-ring (bicyclic) bond motifs is 3. The summed E-state index contributed by atoms with van der Waals surface area (Å²) in [6, 6.07) is 6.03. The van der Waals surface area contributed by atoms with Crippen LogP contribution in [0, 0.1) is 16.0 Å². The molecule has 0 amide bonds. The lowest BCUT2D eigenvalue weighted by molar-refractivity contribution is -0.385. The third-order valence-electron chi connectivity index (χ3n) is 5.01. The molecule has 1 heterocycles. The van der Waals surface area contributed by atoms with Crippen LogP contribution >= 0.6 is 34.8 Å². The van der Waals surface area contributed by atoms with Gasteiger partial charge < -0.3 is 10.4 Å². The Balaban J connectivity index is 1.91. The summed E-state index contributed by atoms with van der Waals surface area (Å²) >= 11 is 18.4. The second-order valence-electron chi connectivity index (χ2n) is 6.39.